The lowest BCUT2D eigenvalue weighted by molar-refractivity contribution is 0.558. The molecule has 0 bridgehead atoms. The first-order valence-corrected chi connectivity index (χ1v) is 7.89. The molecule has 0 aliphatic rings. The molecule has 0 fully saturated rings. The van der Waals surface area contributed by atoms with E-state index in [9.17, 15) is 0 Å². The van der Waals surface area contributed by atoms with Gasteiger partial charge < -0.3 is 11.5 Å². The molecule has 0 aliphatic heterocycles. The summed E-state index contributed by atoms with van der Waals surface area (Å²) in [6.45, 7) is 11.6. The van der Waals surface area contributed by atoms with Crippen LogP contribution in [0.4, 0.5) is 0 Å². The fraction of sp³-hybridized carbons (Fsp3) is 0.714. The Kier molecular flexibility index (Phi) is 8.63. The minimum atomic E-state index is -0.765. The molecule has 0 saturated heterocycles. The zero-order valence-corrected chi connectivity index (χ0v) is 15.2. The highest BCUT2D eigenvalue weighted by Gasteiger charge is 2.27. The molecule has 0 amide bonds. The Labute approximate surface area is 142 Å². The lowest BCUT2D eigenvalue weighted by atomic mass is 10.0. The molecule has 0 aromatic carbocycles. The van der Waals surface area contributed by atoms with Crippen LogP contribution in [0.25, 0.3) is 0 Å². The van der Waals surface area contributed by atoms with E-state index in [2.05, 4.69) is 26.8 Å². The van der Waals surface area contributed by atoms with Gasteiger partial charge in [-0.15, -0.1) is 29.8 Å². The Hall–Kier alpha value is -1.14. The average molecular weight is 349 g/mol. The highest BCUT2D eigenvalue weighted by molar-refractivity contribution is 6.28. The van der Waals surface area contributed by atoms with Crippen molar-refractivity contribution in [3.63, 3.8) is 0 Å². The van der Waals surface area contributed by atoms with Gasteiger partial charge in [0.1, 0.15) is 22.7 Å². The molecule has 6 nitrogen and oxygen atoms in total. The van der Waals surface area contributed by atoms with Crippen molar-refractivity contribution >= 4 is 34.9 Å². The molecule has 1 atom stereocenters. The van der Waals surface area contributed by atoms with Gasteiger partial charge in [-0.25, -0.2) is 0 Å². The first-order chi connectivity index (χ1) is 10.1. The average Bonchev–Trinajstić information content (AvgIpc) is 2.47. The standard InChI is InChI=1S/C14H26Cl2N6/c1-6-7-19-11(17)13(2,3)21-22-14(4,5)12(18)20-9-10(16)8-15/h6,10H,1,7-9H2,2-5H3,(H2,17,19)(H2,18,20). The second-order valence-electron chi connectivity index (χ2n) is 5.81. The third-order valence-electron chi connectivity index (χ3n) is 2.82. The van der Waals surface area contributed by atoms with Crippen LogP contribution in [-0.4, -0.2) is 47.1 Å². The Bertz CT molecular complexity index is 454. The van der Waals surface area contributed by atoms with Gasteiger partial charge in [0.15, 0.2) is 0 Å². The number of nitrogens with zero attached hydrogens (tertiary/aromatic N) is 4. The van der Waals surface area contributed by atoms with E-state index in [1.54, 1.807) is 6.08 Å². The summed E-state index contributed by atoms with van der Waals surface area (Å²) < 4.78 is 0. The van der Waals surface area contributed by atoms with E-state index in [-0.39, 0.29) is 5.38 Å². The maximum Gasteiger partial charge on any atom is 0.132 e. The van der Waals surface area contributed by atoms with Crippen LogP contribution in [0.15, 0.2) is 32.9 Å². The van der Waals surface area contributed by atoms with Gasteiger partial charge in [0.05, 0.1) is 18.5 Å². The fourth-order valence-electron chi connectivity index (χ4n) is 1.15. The summed E-state index contributed by atoms with van der Waals surface area (Å²) in [7, 11) is 0. The molecule has 0 aromatic rings. The summed E-state index contributed by atoms with van der Waals surface area (Å²) >= 11 is 11.5. The van der Waals surface area contributed by atoms with Crippen LogP contribution in [-0.2, 0) is 0 Å². The van der Waals surface area contributed by atoms with Gasteiger partial charge in [-0.3, -0.25) is 9.98 Å². The number of nitrogens with two attached hydrogens (primary N) is 2. The molecule has 0 heterocycles. The number of halogens is 2. The molecule has 126 valence electrons. The van der Waals surface area contributed by atoms with Crippen molar-refractivity contribution in [1.82, 2.24) is 0 Å². The minimum absolute atomic E-state index is 0.258. The van der Waals surface area contributed by atoms with Gasteiger partial charge in [-0.2, -0.15) is 10.2 Å². The predicted molar refractivity (Wildman–Crippen MR) is 96.6 cm³/mol. The predicted octanol–water partition coefficient (Wildman–Crippen LogP) is 2.74. The van der Waals surface area contributed by atoms with Crippen LogP contribution in [0, 0.1) is 0 Å². The maximum absolute atomic E-state index is 5.96. The molecule has 0 radical (unpaired) electrons. The summed E-state index contributed by atoms with van der Waals surface area (Å²) in [5.74, 6) is 1.03. The monoisotopic (exact) mass is 348 g/mol. The molecular formula is C14H26Cl2N6. The Morgan fingerprint density at radius 1 is 1.09 bits per heavy atom. The fourth-order valence-corrected chi connectivity index (χ4v) is 1.32. The quantitative estimate of drug-likeness (QED) is 0.220. The Balaban J connectivity index is 5.05. The summed E-state index contributed by atoms with van der Waals surface area (Å²) in [4.78, 5) is 8.37. The number of hydrogen-bond donors (Lipinski definition) is 2. The van der Waals surface area contributed by atoms with E-state index >= 15 is 0 Å². The molecule has 4 N–H and O–H groups in total. The number of aliphatic imine (C=N–C) groups is 2. The lowest BCUT2D eigenvalue weighted by Gasteiger charge is -2.22. The normalized spacial score (nSPS) is 16.1. The van der Waals surface area contributed by atoms with Gasteiger partial charge in [0, 0.05) is 5.88 Å². The van der Waals surface area contributed by atoms with Crippen LogP contribution in [0.2, 0.25) is 0 Å². The summed E-state index contributed by atoms with van der Waals surface area (Å²) in [6, 6.07) is 0. The molecule has 0 aromatic heterocycles. The maximum atomic E-state index is 5.96. The number of amidine groups is 2. The van der Waals surface area contributed by atoms with E-state index < -0.39 is 11.1 Å². The van der Waals surface area contributed by atoms with Gasteiger partial charge in [-0.05, 0) is 27.7 Å². The van der Waals surface area contributed by atoms with Crippen molar-refractivity contribution in [3.05, 3.63) is 12.7 Å². The van der Waals surface area contributed by atoms with Crippen molar-refractivity contribution in [3.8, 4) is 0 Å². The van der Waals surface area contributed by atoms with Crippen LogP contribution in [0.3, 0.4) is 0 Å². The summed E-state index contributed by atoms with van der Waals surface area (Å²) in [6.07, 6.45) is 1.66. The van der Waals surface area contributed by atoms with E-state index in [1.165, 1.54) is 0 Å². The second kappa shape index (κ2) is 9.10. The highest BCUT2D eigenvalue weighted by atomic mass is 35.5. The minimum Gasteiger partial charge on any atom is -0.385 e. The van der Waals surface area contributed by atoms with Crippen LogP contribution in [0.1, 0.15) is 27.7 Å². The molecule has 0 saturated carbocycles. The zero-order chi connectivity index (χ0) is 17.4. The van der Waals surface area contributed by atoms with Crippen LogP contribution < -0.4 is 11.5 Å². The van der Waals surface area contributed by atoms with Crippen molar-refractivity contribution < 1.29 is 0 Å². The first-order valence-electron chi connectivity index (χ1n) is 6.92. The van der Waals surface area contributed by atoms with E-state index in [1.807, 2.05) is 27.7 Å². The van der Waals surface area contributed by atoms with Gasteiger partial charge >= 0.3 is 0 Å². The SMILES string of the molecule is C=CCN=C(N)C(C)(C)N=NC(C)(C)C(N)=NCC(Cl)CCl. The van der Waals surface area contributed by atoms with E-state index in [0.29, 0.717) is 30.6 Å². The van der Waals surface area contributed by atoms with Gasteiger partial charge in [0.25, 0.3) is 0 Å². The third-order valence-corrected chi connectivity index (χ3v) is 3.64. The van der Waals surface area contributed by atoms with Gasteiger partial charge in [-0.1, -0.05) is 6.08 Å². The number of alkyl halides is 2. The Morgan fingerprint density at radius 2 is 1.55 bits per heavy atom. The largest absolute Gasteiger partial charge is 0.385 e. The van der Waals surface area contributed by atoms with E-state index in [4.69, 9.17) is 34.7 Å². The molecule has 8 heteroatoms. The van der Waals surface area contributed by atoms with Crippen molar-refractivity contribution in [2.24, 2.45) is 31.7 Å². The second-order valence-corrected chi connectivity index (χ2v) is 6.74. The summed E-state index contributed by atoms with van der Waals surface area (Å²) in [5.41, 5.74) is 10.4. The Morgan fingerprint density at radius 3 is 1.95 bits per heavy atom. The zero-order valence-electron chi connectivity index (χ0n) is 13.7. The van der Waals surface area contributed by atoms with Crippen molar-refractivity contribution in [2.75, 3.05) is 19.0 Å². The van der Waals surface area contributed by atoms with Crippen LogP contribution in [0.5, 0.6) is 0 Å². The summed E-state index contributed by atoms with van der Waals surface area (Å²) in [5, 5.41) is 8.27. The first kappa shape index (κ1) is 20.9. The van der Waals surface area contributed by atoms with Crippen LogP contribution >= 0.6 is 23.2 Å². The smallest absolute Gasteiger partial charge is 0.132 e. The highest BCUT2D eigenvalue weighted by Crippen LogP contribution is 2.17. The number of rotatable bonds is 9. The van der Waals surface area contributed by atoms with Crippen molar-refractivity contribution in [2.45, 2.75) is 44.1 Å². The number of hydrogen-bond acceptors (Lipinski definition) is 4. The third kappa shape index (κ3) is 7.22. The van der Waals surface area contributed by atoms with E-state index in [0.717, 1.165) is 0 Å². The topological polar surface area (TPSA) is 101 Å². The number of azo groups is 1. The molecule has 1 unspecified atom stereocenters. The molecule has 22 heavy (non-hydrogen) atoms. The molecule has 0 spiro atoms. The molecule has 0 aliphatic carbocycles. The van der Waals surface area contributed by atoms with Crippen molar-refractivity contribution in [1.29, 1.82) is 0 Å². The lowest BCUT2D eigenvalue weighted by Crippen LogP contribution is -2.40. The van der Waals surface area contributed by atoms with Gasteiger partial charge in [0.2, 0.25) is 0 Å². The molecule has 0 rings (SSSR count). The molecular weight excluding hydrogens is 323 g/mol.